The van der Waals surface area contributed by atoms with Crippen molar-refractivity contribution in [3.05, 3.63) is 45.7 Å². The topological polar surface area (TPSA) is 158 Å². The Bertz CT molecular complexity index is 1130. The molecule has 0 unspecified atom stereocenters. The van der Waals surface area contributed by atoms with E-state index in [9.17, 15) is 34.8 Å². The lowest BCUT2D eigenvalue weighted by atomic mass is 9.59. The van der Waals surface area contributed by atoms with Crippen molar-refractivity contribution in [2.75, 3.05) is 0 Å². The first-order chi connectivity index (χ1) is 14.6. The average molecular weight is 425 g/mol. The summed E-state index contributed by atoms with van der Waals surface area (Å²) in [6, 6.07) is 3.32. The number of phenolic OH excluding ortho intramolecular Hbond substituents is 1. The van der Waals surface area contributed by atoms with E-state index in [1.54, 1.807) is 0 Å². The Morgan fingerprint density at radius 2 is 1.84 bits per heavy atom. The lowest BCUT2D eigenvalue weighted by molar-refractivity contribution is -0.147. The van der Waals surface area contributed by atoms with Crippen LogP contribution in [0.4, 0.5) is 0 Å². The number of aromatic hydroxyl groups is 1. The highest BCUT2D eigenvalue weighted by molar-refractivity contribution is 6.22. The third-order valence-corrected chi connectivity index (χ3v) is 7.25. The second-order valence-corrected chi connectivity index (χ2v) is 9.15. The van der Waals surface area contributed by atoms with E-state index in [4.69, 9.17) is 5.73 Å². The Balaban J connectivity index is 1.67. The standard InChI is InChI=1S/C23H23NO7/c24-22(30)18-15(26)8-12-6-11-7-13-10(5-9-1-2-9)3-4-14(25)17(13)19(27)16(11)20(28)23(12,31)21(18)29/h3-4,9,11-12,25,27,29,31H,1-2,5-8H2,(H2,24,30)/t11-,12+,23+/m1/s1. The Hall–Kier alpha value is -3.13. The highest BCUT2D eigenvalue weighted by Gasteiger charge is 2.60. The van der Waals surface area contributed by atoms with Gasteiger partial charge in [-0.05, 0) is 61.1 Å². The Morgan fingerprint density at radius 3 is 2.48 bits per heavy atom. The third kappa shape index (κ3) is 2.67. The minimum absolute atomic E-state index is 0.102. The number of benzene rings is 1. The van der Waals surface area contributed by atoms with E-state index >= 15 is 0 Å². The molecule has 0 saturated heterocycles. The number of fused-ring (bicyclic) bond motifs is 3. The molecule has 3 atom stereocenters. The number of hydrogen-bond acceptors (Lipinski definition) is 7. The fourth-order valence-electron chi connectivity index (χ4n) is 5.51. The summed E-state index contributed by atoms with van der Waals surface area (Å²) in [4.78, 5) is 37.4. The van der Waals surface area contributed by atoms with Gasteiger partial charge in [0.15, 0.2) is 11.4 Å². The fourth-order valence-corrected chi connectivity index (χ4v) is 5.51. The van der Waals surface area contributed by atoms with Crippen LogP contribution >= 0.6 is 0 Å². The number of ketones is 2. The number of aliphatic hydroxyl groups excluding tert-OH is 2. The molecule has 2 saturated carbocycles. The van der Waals surface area contributed by atoms with Crippen LogP contribution in [0.25, 0.3) is 5.76 Å². The van der Waals surface area contributed by atoms with Gasteiger partial charge in [0.2, 0.25) is 5.78 Å². The van der Waals surface area contributed by atoms with Crippen molar-refractivity contribution >= 4 is 23.2 Å². The molecule has 2 fully saturated rings. The van der Waals surface area contributed by atoms with E-state index in [2.05, 4.69) is 0 Å². The number of aliphatic hydroxyl groups is 3. The van der Waals surface area contributed by atoms with Crippen LogP contribution in [0, 0.1) is 17.8 Å². The summed E-state index contributed by atoms with van der Waals surface area (Å²) in [6.07, 6.45) is 3.30. The van der Waals surface area contributed by atoms with E-state index in [0.717, 1.165) is 30.4 Å². The van der Waals surface area contributed by atoms with Crippen LogP contribution in [-0.4, -0.2) is 43.5 Å². The summed E-state index contributed by atoms with van der Waals surface area (Å²) >= 11 is 0. The molecule has 5 rings (SSSR count). The molecule has 1 aromatic carbocycles. The van der Waals surface area contributed by atoms with Crippen molar-refractivity contribution in [2.24, 2.45) is 23.5 Å². The number of carbonyl (C=O) groups is 3. The van der Waals surface area contributed by atoms with Crippen LogP contribution in [-0.2, 0) is 27.2 Å². The highest BCUT2D eigenvalue weighted by atomic mass is 16.3. The molecule has 0 heterocycles. The Labute approximate surface area is 177 Å². The number of hydrogen-bond donors (Lipinski definition) is 5. The normalized spacial score (nSPS) is 30.1. The lowest BCUT2D eigenvalue weighted by Crippen LogP contribution is -2.58. The van der Waals surface area contributed by atoms with Crippen LogP contribution < -0.4 is 5.73 Å². The van der Waals surface area contributed by atoms with Crippen molar-refractivity contribution in [3.8, 4) is 5.75 Å². The van der Waals surface area contributed by atoms with Gasteiger partial charge in [0, 0.05) is 17.9 Å². The van der Waals surface area contributed by atoms with Crippen LogP contribution in [0.5, 0.6) is 5.75 Å². The summed E-state index contributed by atoms with van der Waals surface area (Å²) in [5.74, 6) is -5.41. The molecule has 4 aliphatic carbocycles. The maximum absolute atomic E-state index is 13.4. The minimum Gasteiger partial charge on any atom is -0.508 e. The molecule has 0 spiro atoms. The molecule has 8 heteroatoms. The van der Waals surface area contributed by atoms with E-state index in [0.29, 0.717) is 12.3 Å². The highest BCUT2D eigenvalue weighted by Crippen LogP contribution is 2.52. The smallest absolute Gasteiger partial charge is 0.255 e. The second kappa shape index (κ2) is 6.43. The number of carbonyl (C=O) groups excluding carboxylic acids is 3. The molecule has 0 radical (unpaired) electrons. The SMILES string of the molecule is NC(=O)C1=C(O)[C@@]2(O)C(=O)C3=C(O)c4c(O)ccc(CC5CC5)c4C[C@H]3C[C@H]2CC1=O. The first-order valence-electron chi connectivity index (χ1n) is 10.5. The summed E-state index contributed by atoms with van der Waals surface area (Å²) in [5.41, 5.74) is 3.74. The number of phenols is 1. The number of amides is 1. The Kier molecular flexibility index (Phi) is 4.11. The van der Waals surface area contributed by atoms with Crippen molar-refractivity contribution in [2.45, 2.75) is 44.1 Å². The maximum Gasteiger partial charge on any atom is 0.255 e. The average Bonchev–Trinajstić information content (AvgIpc) is 3.50. The largest absolute Gasteiger partial charge is 0.508 e. The van der Waals surface area contributed by atoms with E-state index in [1.165, 1.54) is 6.07 Å². The van der Waals surface area contributed by atoms with Gasteiger partial charge in [-0.15, -0.1) is 0 Å². The first-order valence-corrected chi connectivity index (χ1v) is 10.5. The summed E-state index contributed by atoms with van der Waals surface area (Å²) in [6.45, 7) is 0. The van der Waals surface area contributed by atoms with Gasteiger partial charge in [-0.3, -0.25) is 14.4 Å². The van der Waals surface area contributed by atoms with Gasteiger partial charge < -0.3 is 26.2 Å². The third-order valence-electron chi connectivity index (χ3n) is 7.25. The number of primary amides is 1. The summed E-state index contributed by atoms with van der Waals surface area (Å²) < 4.78 is 0. The molecular weight excluding hydrogens is 402 g/mol. The summed E-state index contributed by atoms with van der Waals surface area (Å²) in [5, 5.41) is 43.2. The van der Waals surface area contributed by atoms with Crippen LogP contribution in [0.1, 0.15) is 42.4 Å². The molecular formula is C23H23NO7. The van der Waals surface area contributed by atoms with Gasteiger partial charge in [-0.2, -0.15) is 0 Å². The van der Waals surface area contributed by atoms with E-state index in [1.807, 2.05) is 6.07 Å². The molecule has 31 heavy (non-hydrogen) atoms. The molecule has 1 aromatic rings. The molecule has 4 aliphatic rings. The molecule has 1 amide bonds. The van der Waals surface area contributed by atoms with Gasteiger partial charge in [0.1, 0.15) is 22.8 Å². The molecule has 6 N–H and O–H groups in total. The fraction of sp³-hybridized carbons (Fsp3) is 0.435. The minimum atomic E-state index is -2.52. The van der Waals surface area contributed by atoms with Gasteiger partial charge in [-0.25, -0.2) is 0 Å². The lowest BCUT2D eigenvalue weighted by Gasteiger charge is -2.46. The maximum atomic E-state index is 13.4. The predicted molar refractivity (Wildman–Crippen MR) is 108 cm³/mol. The van der Waals surface area contributed by atoms with Gasteiger partial charge >= 0.3 is 0 Å². The first kappa shape index (κ1) is 19.8. The number of nitrogens with two attached hydrogens (primary N) is 1. The monoisotopic (exact) mass is 425 g/mol. The molecule has 0 bridgehead atoms. The van der Waals surface area contributed by atoms with Crippen molar-refractivity contribution in [1.82, 2.24) is 0 Å². The van der Waals surface area contributed by atoms with Crippen molar-refractivity contribution in [3.63, 3.8) is 0 Å². The van der Waals surface area contributed by atoms with E-state index in [-0.39, 0.29) is 29.7 Å². The number of Topliss-reactive ketones (excluding diaryl/α,β-unsaturated/α-hetero) is 2. The van der Waals surface area contributed by atoms with Crippen molar-refractivity contribution in [1.29, 1.82) is 0 Å². The second-order valence-electron chi connectivity index (χ2n) is 9.15. The zero-order valence-electron chi connectivity index (χ0n) is 16.7. The number of rotatable bonds is 3. The van der Waals surface area contributed by atoms with Crippen LogP contribution in [0.15, 0.2) is 29.0 Å². The van der Waals surface area contributed by atoms with Gasteiger partial charge in [0.05, 0.1) is 5.56 Å². The van der Waals surface area contributed by atoms with Crippen LogP contribution in [0.3, 0.4) is 0 Å². The van der Waals surface area contributed by atoms with E-state index < -0.39 is 52.0 Å². The van der Waals surface area contributed by atoms with Crippen LogP contribution in [0.2, 0.25) is 0 Å². The summed E-state index contributed by atoms with van der Waals surface area (Å²) in [7, 11) is 0. The van der Waals surface area contributed by atoms with Crippen molar-refractivity contribution < 1.29 is 34.8 Å². The molecule has 8 nitrogen and oxygen atoms in total. The quantitative estimate of drug-likeness (QED) is 0.458. The predicted octanol–water partition coefficient (Wildman–Crippen LogP) is 1.38. The van der Waals surface area contributed by atoms with Gasteiger partial charge in [0.25, 0.3) is 5.91 Å². The zero-order chi connectivity index (χ0) is 22.2. The van der Waals surface area contributed by atoms with Gasteiger partial charge in [-0.1, -0.05) is 6.07 Å². The molecule has 162 valence electrons. The molecule has 0 aliphatic heterocycles. The molecule has 0 aromatic heterocycles. The zero-order valence-corrected chi connectivity index (χ0v) is 16.7. The Morgan fingerprint density at radius 1 is 1.13 bits per heavy atom.